The van der Waals surface area contributed by atoms with Crippen LogP contribution in [0.5, 0.6) is 0 Å². The average molecular weight is 341 g/mol. The number of rotatable bonds is 4. The summed E-state index contributed by atoms with van der Waals surface area (Å²) in [6.45, 7) is 3.55. The molecule has 0 bridgehead atoms. The van der Waals surface area contributed by atoms with Crippen molar-refractivity contribution >= 4 is 34.0 Å². The van der Waals surface area contributed by atoms with Gasteiger partial charge in [0, 0.05) is 22.8 Å². The summed E-state index contributed by atoms with van der Waals surface area (Å²) < 4.78 is 0. The summed E-state index contributed by atoms with van der Waals surface area (Å²) in [5.41, 5.74) is 2.09. The third kappa shape index (κ3) is 3.33. The van der Waals surface area contributed by atoms with E-state index in [1.165, 1.54) is 17.5 Å². The predicted octanol–water partition coefficient (Wildman–Crippen LogP) is 2.99. The Morgan fingerprint density at radius 2 is 1.96 bits per heavy atom. The second kappa shape index (κ2) is 6.63. The fourth-order valence-corrected chi connectivity index (χ4v) is 2.72. The first-order chi connectivity index (χ1) is 11.5. The van der Waals surface area contributed by atoms with Crippen molar-refractivity contribution in [2.45, 2.75) is 13.8 Å². The van der Waals surface area contributed by atoms with E-state index in [4.69, 9.17) is 0 Å². The molecule has 0 aliphatic rings. The monoisotopic (exact) mass is 341 g/mol. The second-order valence-corrected chi connectivity index (χ2v) is 6.00. The van der Waals surface area contributed by atoms with Gasteiger partial charge in [-0.1, -0.05) is 6.07 Å². The molecule has 3 N–H and O–H groups in total. The molecule has 2 heterocycles. The van der Waals surface area contributed by atoms with Crippen LogP contribution in [0.3, 0.4) is 0 Å². The van der Waals surface area contributed by atoms with Crippen molar-refractivity contribution in [1.82, 2.24) is 15.0 Å². The number of amides is 2. The molecule has 8 heteroatoms. The lowest BCUT2D eigenvalue weighted by atomic mass is 10.1. The molecule has 0 radical (unpaired) electrons. The molecule has 0 unspecified atom stereocenters. The third-order valence-electron chi connectivity index (χ3n) is 3.43. The molecule has 3 aromatic rings. The minimum atomic E-state index is -0.309. The van der Waals surface area contributed by atoms with Gasteiger partial charge in [-0.25, -0.2) is 9.97 Å². The highest BCUT2D eigenvalue weighted by Gasteiger charge is 2.15. The van der Waals surface area contributed by atoms with E-state index in [9.17, 15) is 9.59 Å². The number of hydrogen-bond acceptors (Lipinski definition) is 5. The zero-order valence-electron chi connectivity index (χ0n) is 13.1. The van der Waals surface area contributed by atoms with E-state index < -0.39 is 0 Å². The zero-order valence-corrected chi connectivity index (χ0v) is 13.9. The van der Waals surface area contributed by atoms with E-state index in [1.807, 2.05) is 0 Å². The van der Waals surface area contributed by atoms with Crippen LogP contribution < -0.4 is 10.6 Å². The summed E-state index contributed by atoms with van der Waals surface area (Å²) in [5, 5.41) is 7.84. The number of carbonyl (C=O) groups is 2. The normalized spacial score (nSPS) is 10.4. The molecule has 7 nitrogen and oxygen atoms in total. The SMILES string of the molecule is Cc1ncc(C(=O)Nc2cccc(C(=O)Nc3nccs3)c2C)[nH]1. The highest BCUT2D eigenvalue weighted by atomic mass is 32.1. The molecular formula is C16H15N5O2S. The van der Waals surface area contributed by atoms with Crippen LogP contribution in [0, 0.1) is 13.8 Å². The maximum absolute atomic E-state index is 12.4. The Hall–Kier alpha value is -3.00. The van der Waals surface area contributed by atoms with Crippen LogP contribution in [0.25, 0.3) is 0 Å². The lowest BCUT2D eigenvalue weighted by Gasteiger charge is -2.11. The Balaban J connectivity index is 1.80. The van der Waals surface area contributed by atoms with Gasteiger partial charge in [-0.05, 0) is 31.5 Å². The van der Waals surface area contributed by atoms with Crippen LogP contribution in [0.1, 0.15) is 32.2 Å². The van der Waals surface area contributed by atoms with Gasteiger partial charge in [0.15, 0.2) is 5.13 Å². The Bertz CT molecular complexity index is 886. The second-order valence-electron chi connectivity index (χ2n) is 5.11. The number of anilines is 2. The van der Waals surface area contributed by atoms with Gasteiger partial charge in [-0.15, -0.1) is 11.3 Å². The number of nitrogens with zero attached hydrogens (tertiary/aromatic N) is 2. The fraction of sp³-hybridized carbons (Fsp3) is 0.125. The first kappa shape index (κ1) is 15.9. The highest BCUT2D eigenvalue weighted by molar-refractivity contribution is 7.13. The molecular weight excluding hydrogens is 326 g/mol. The summed E-state index contributed by atoms with van der Waals surface area (Å²) in [7, 11) is 0. The molecule has 0 aliphatic carbocycles. The van der Waals surface area contributed by atoms with E-state index in [2.05, 4.69) is 25.6 Å². The maximum atomic E-state index is 12.4. The van der Waals surface area contributed by atoms with Crippen molar-refractivity contribution < 1.29 is 9.59 Å². The topological polar surface area (TPSA) is 99.8 Å². The third-order valence-corrected chi connectivity index (χ3v) is 4.12. The van der Waals surface area contributed by atoms with E-state index in [0.717, 1.165) is 0 Å². The molecule has 0 saturated carbocycles. The van der Waals surface area contributed by atoms with Gasteiger partial charge in [-0.3, -0.25) is 14.9 Å². The molecule has 0 saturated heterocycles. The first-order valence-corrected chi connectivity index (χ1v) is 8.06. The molecule has 24 heavy (non-hydrogen) atoms. The van der Waals surface area contributed by atoms with Crippen LogP contribution >= 0.6 is 11.3 Å². The van der Waals surface area contributed by atoms with E-state index in [-0.39, 0.29) is 11.8 Å². The number of hydrogen-bond donors (Lipinski definition) is 3. The molecule has 0 atom stereocenters. The van der Waals surface area contributed by atoms with Gasteiger partial charge in [0.05, 0.1) is 6.20 Å². The zero-order chi connectivity index (χ0) is 17.1. The number of thiazole rings is 1. The smallest absolute Gasteiger partial charge is 0.273 e. The standard InChI is InChI=1S/C16H15N5O2S/c1-9-11(14(22)21-16-17-6-7-24-16)4-3-5-12(9)20-15(23)13-8-18-10(2)19-13/h3-8H,1-2H3,(H,18,19)(H,20,23)(H,17,21,22). The number of carbonyl (C=O) groups excluding carboxylic acids is 2. The van der Waals surface area contributed by atoms with Gasteiger partial charge in [0.1, 0.15) is 11.5 Å². The van der Waals surface area contributed by atoms with Gasteiger partial charge in [-0.2, -0.15) is 0 Å². The van der Waals surface area contributed by atoms with Crippen molar-refractivity contribution in [1.29, 1.82) is 0 Å². The number of benzene rings is 1. The molecule has 2 aromatic heterocycles. The predicted molar refractivity (Wildman–Crippen MR) is 92.5 cm³/mol. The maximum Gasteiger partial charge on any atom is 0.273 e. The Morgan fingerprint density at radius 3 is 2.62 bits per heavy atom. The van der Waals surface area contributed by atoms with Crippen LogP contribution in [0.2, 0.25) is 0 Å². The van der Waals surface area contributed by atoms with E-state index >= 15 is 0 Å². The number of aryl methyl sites for hydroxylation is 1. The van der Waals surface area contributed by atoms with Crippen LogP contribution in [0.15, 0.2) is 36.0 Å². The summed E-state index contributed by atoms with van der Waals surface area (Å²) in [6, 6.07) is 5.17. The quantitative estimate of drug-likeness (QED) is 0.679. The highest BCUT2D eigenvalue weighted by Crippen LogP contribution is 2.21. The first-order valence-electron chi connectivity index (χ1n) is 7.18. The van der Waals surface area contributed by atoms with E-state index in [0.29, 0.717) is 33.5 Å². The molecule has 3 rings (SSSR count). The van der Waals surface area contributed by atoms with Crippen molar-refractivity contribution in [2.24, 2.45) is 0 Å². The average Bonchev–Trinajstić information content (AvgIpc) is 3.21. The fourth-order valence-electron chi connectivity index (χ4n) is 2.19. The number of nitrogens with one attached hydrogen (secondary N) is 3. The minimum Gasteiger partial charge on any atom is -0.338 e. The van der Waals surface area contributed by atoms with Crippen molar-refractivity contribution in [3.8, 4) is 0 Å². The molecule has 122 valence electrons. The largest absolute Gasteiger partial charge is 0.338 e. The van der Waals surface area contributed by atoms with Crippen LogP contribution in [-0.4, -0.2) is 26.8 Å². The summed E-state index contributed by atoms with van der Waals surface area (Å²) in [5.74, 6) is 0.0839. The molecule has 0 aliphatic heterocycles. The van der Waals surface area contributed by atoms with E-state index in [1.54, 1.807) is 43.6 Å². The van der Waals surface area contributed by atoms with Gasteiger partial charge >= 0.3 is 0 Å². The minimum absolute atomic E-state index is 0.268. The molecule has 2 amide bonds. The lowest BCUT2D eigenvalue weighted by Crippen LogP contribution is -2.17. The number of aromatic nitrogens is 3. The van der Waals surface area contributed by atoms with Gasteiger partial charge in [0.2, 0.25) is 0 Å². The number of H-pyrrole nitrogens is 1. The Morgan fingerprint density at radius 1 is 1.12 bits per heavy atom. The van der Waals surface area contributed by atoms with Crippen molar-refractivity contribution in [3.63, 3.8) is 0 Å². The van der Waals surface area contributed by atoms with Crippen molar-refractivity contribution in [3.05, 3.63) is 58.6 Å². The molecule has 0 spiro atoms. The summed E-state index contributed by atoms with van der Waals surface area (Å²) in [6.07, 6.45) is 3.09. The lowest BCUT2D eigenvalue weighted by molar-refractivity contribution is 0.101. The van der Waals surface area contributed by atoms with Crippen molar-refractivity contribution in [2.75, 3.05) is 10.6 Å². The summed E-state index contributed by atoms with van der Waals surface area (Å²) in [4.78, 5) is 35.5. The van der Waals surface area contributed by atoms with Crippen LogP contribution in [-0.2, 0) is 0 Å². The molecule has 0 fully saturated rings. The van der Waals surface area contributed by atoms with Gasteiger partial charge < -0.3 is 10.3 Å². The Labute approximate surface area is 142 Å². The number of imidazole rings is 1. The summed E-state index contributed by atoms with van der Waals surface area (Å²) >= 11 is 1.34. The number of aromatic amines is 1. The van der Waals surface area contributed by atoms with Gasteiger partial charge in [0.25, 0.3) is 11.8 Å². The Kier molecular flexibility index (Phi) is 4.39. The van der Waals surface area contributed by atoms with Crippen LogP contribution in [0.4, 0.5) is 10.8 Å². The molecule has 1 aromatic carbocycles.